The molecule has 0 saturated carbocycles. The van der Waals surface area contributed by atoms with Gasteiger partial charge >= 0.3 is 0 Å². The fourth-order valence-electron chi connectivity index (χ4n) is 3.69. The molecule has 0 unspecified atom stereocenters. The third-order valence-corrected chi connectivity index (χ3v) is 6.91. The third kappa shape index (κ3) is 7.64. The minimum Gasteiger partial charge on any atom is -0.355 e. The highest BCUT2D eigenvalue weighted by Gasteiger charge is 2.30. The average Bonchev–Trinajstić information content (AvgIpc) is 2.84. The molecule has 0 saturated heterocycles. The van der Waals surface area contributed by atoms with Gasteiger partial charge in [-0.25, -0.2) is 0 Å². The molecule has 0 bridgehead atoms. The smallest absolute Gasteiger partial charge is 0.243 e. The van der Waals surface area contributed by atoms with Gasteiger partial charge in [0.1, 0.15) is 6.04 Å². The molecule has 1 atom stereocenters. The zero-order valence-electron chi connectivity index (χ0n) is 19.7. The first-order valence-corrected chi connectivity index (χ1v) is 12.9. The van der Waals surface area contributed by atoms with Crippen LogP contribution in [0, 0.1) is 6.92 Å². The van der Waals surface area contributed by atoms with Crippen LogP contribution < -0.4 is 5.32 Å². The number of halogens is 1. The van der Waals surface area contributed by atoms with Crippen molar-refractivity contribution >= 4 is 35.2 Å². The second-order valence-electron chi connectivity index (χ2n) is 8.12. The van der Waals surface area contributed by atoms with Crippen LogP contribution >= 0.6 is 23.4 Å². The molecule has 0 aliphatic rings. The van der Waals surface area contributed by atoms with E-state index in [2.05, 4.69) is 36.5 Å². The quantitative estimate of drug-likeness (QED) is 0.337. The van der Waals surface area contributed by atoms with Gasteiger partial charge in [0.05, 0.1) is 0 Å². The number of hydrogen-bond donors (Lipinski definition) is 1. The van der Waals surface area contributed by atoms with E-state index in [9.17, 15) is 9.59 Å². The lowest BCUT2D eigenvalue weighted by molar-refractivity contribution is -0.140. The first-order valence-electron chi connectivity index (χ1n) is 11.5. The summed E-state index contributed by atoms with van der Waals surface area (Å²) in [6.07, 6.45) is 0.766. The highest BCUT2D eigenvalue weighted by atomic mass is 35.5. The lowest BCUT2D eigenvalue weighted by Gasteiger charge is -2.31. The van der Waals surface area contributed by atoms with Crippen molar-refractivity contribution < 1.29 is 9.59 Å². The van der Waals surface area contributed by atoms with Crippen molar-refractivity contribution in [1.29, 1.82) is 0 Å². The number of rotatable bonds is 11. The maximum atomic E-state index is 13.5. The van der Waals surface area contributed by atoms with E-state index in [-0.39, 0.29) is 18.4 Å². The van der Waals surface area contributed by atoms with Gasteiger partial charge in [0.25, 0.3) is 0 Å². The third-order valence-electron chi connectivity index (χ3n) is 5.53. The van der Waals surface area contributed by atoms with Crippen LogP contribution in [0.15, 0.2) is 83.8 Å². The zero-order chi connectivity index (χ0) is 24.3. The van der Waals surface area contributed by atoms with E-state index >= 15 is 0 Å². The molecule has 6 heteroatoms. The molecule has 0 aliphatic heterocycles. The van der Waals surface area contributed by atoms with Crippen molar-refractivity contribution in [2.45, 2.75) is 44.2 Å². The summed E-state index contributed by atoms with van der Waals surface area (Å²) in [5.41, 5.74) is 3.04. The van der Waals surface area contributed by atoms with Gasteiger partial charge < -0.3 is 10.2 Å². The van der Waals surface area contributed by atoms with Gasteiger partial charge in [-0.1, -0.05) is 77.8 Å². The van der Waals surface area contributed by atoms with E-state index < -0.39 is 6.04 Å². The van der Waals surface area contributed by atoms with Crippen molar-refractivity contribution in [1.82, 2.24) is 10.2 Å². The minimum absolute atomic E-state index is 0.0632. The Morgan fingerprint density at radius 3 is 2.32 bits per heavy atom. The Hall–Kier alpha value is -2.76. The molecule has 2 amide bonds. The van der Waals surface area contributed by atoms with Gasteiger partial charge in [-0.2, -0.15) is 0 Å². The van der Waals surface area contributed by atoms with Crippen LogP contribution in [-0.4, -0.2) is 35.1 Å². The molecule has 0 fully saturated rings. The number of thioether (sulfide) groups is 1. The van der Waals surface area contributed by atoms with E-state index in [0.29, 0.717) is 30.2 Å². The lowest BCUT2D eigenvalue weighted by atomic mass is 10.0. The van der Waals surface area contributed by atoms with E-state index in [1.165, 1.54) is 5.56 Å². The number of carbonyl (C=O) groups is 2. The maximum Gasteiger partial charge on any atom is 0.243 e. The lowest BCUT2D eigenvalue weighted by Crippen LogP contribution is -2.50. The molecule has 0 aromatic heterocycles. The Labute approximate surface area is 211 Å². The Morgan fingerprint density at radius 2 is 1.65 bits per heavy atom. The number of carbonyl (C=O) groups excluding carboxylic acids is 2. The summed E-state index contributed by atoms with van der Waals surface area (Å²) >= 11 is 8.08. The summed E-state index contributed by atoms with van der Waals surface area (Å²) in [5.74, 6) is 0.415. The Bertz CT molecular complexity index is 1070. The predicted octanol–water partition coefficient (Wildman–Crippen LogP) is 5.91. The highest BCUT2D eigenvalue weighted by molar-refractivity contribution is 7.99. The summed E-state index contributed by atoms with van der Waals surface area (Å²) in [6.45, 7) is 4.72. The monoisotopic (exact) mass is 494 g/mol. The zero-order valence-corrected chi connectivity index (χ0v) is 21.2. The second-order valence-corrected chi connectivity index (χ2v) is 9.70. The van der Waals surface area contributed by atoms with Crippen molar-refractivity contribution in [2.24, 2.45) is 0 Å². The number of nitrogens with one attached hydrogen (secondary N) is 1. The summed E-state index contributed by atoms with van der Waals surface area (Å²) in [4.78, 5) is 29.5. The number of amides is 2. The van der Waals surface area contributed by atoms with Crippen molar-refractivity contribution in [3.63, 3.8) is 0 Å². The predicted molar refractivity (Wildman–Crippen MR) is 141 cm³/mol. The van der Waals surface area contributed by atoms with Crippen LogP contribution in [0.2, 0.25) is 5.02 Å². The van der Waals surface area contributed by atoms with Crippen molar-refractivity contribution in [3.8, 4) is 0 Å². The summed E-state index contributed by atoms with van der Waals surface area (Å²) in [5, 5.41) is 3.50. The van der Waals surface area contributed by atoms with Crippen molar-refractivity contribution in [2.75, 3.05) is 12.3 Å². The summed E-state index contributed by atoms with van der Waals surface area (Å²) in [6, 6.07) is 24.9. The van der Waals surface area contributed by atoms with Gasteiger partial charge in [-0.3, -0.25) is 9.59 Å². The first kappa shape index (κ1) is 25.9. The summed E-state index contributed by atoms with van der Waals surface area (Å²) in [7, 11) is 0. The van der Waals surface area contributed by atoms with Crippen LogP contribution in [0.3, 0.4) is 0 Å². The van der Waals surface area contributed by atoms with Crippen LogP contribution in [-0.2, 0) is 22.6 Å². The topological polar surface area (TPSA) is 49.4 Å². The van der Waals surface area contributed by atoms with E-state index in [1.807, 2.05) is 61.5 Å². The molecule has 34 heavy (non-hydrogen) atoms. The first-order chi connectivity index (χ1) is 16.5. The number of nitrogens with zero attached hydrogens (tertiary/aromatic N) is 1. The van der Waals surface area contributed by atoms with Crippen LogP contribution in [0.25, 0.3) is 0 Å². The van der Waals surface area contributed by atoms with E-state index in [0.717, 1.165) is 16.0 Å². The Morgan fingerprint density at radius 1 is 0.971 bits per heavy atom. The van der Waals surface area contributed by atoms with Crippen LogP contribution in [0.1, 0.15) is 30.0 Å². The van der Waals surface area contributed by atoms with E-state index in [4.69, 9.17) is 11.6 Å². The van der Waals surface area contributed by atoms with E-state index in [1.54, 1.807) is 16.7 Å². The van der Waals surface area contributed by atoms with Gasteiger partial charge in [-0.15, -0.1) is 11.8 Å². The Balaban J connectivity index is 1.82. The molecule has 3 rings (SSSR count). The molecule has 3 aromatic rings. The number of aryl methyl sites for hydroxylation is 1. The van der Waals surface area contributed by atoms with Gasteiger partial charge in [0.2, 0.25) is 11.8 Å². The minimum atomic E-state index is -0.629. The maximum absolute atomic E-state index is 13.5. The Kier molecular flexibility index (Phi) is 10.0. The molecule has 0 heterocycles. The molecular formula is C28H31ClN2O2S. The van der Waals surface area contributed by atoms with Gasteiger partial charge in [-0.05, 0) is 43.2 Å². The largest absolute Gasteiger partial charge is 0.355 e. The number of benzene rings is 3. The SMILES string of the molecule is CCNC(=O)[C@@H](Cc1ccccc1)N(Cc1ccccc1Cl)C(=O)CCSc1ccc(C)cc1. The molecule has 0 radical (unpaired) electrons. The normalized spacial score (nSPS) is 11.6. The molecule has 3 aromatic carbocycles. The molecule has 4 nitrogen and oxygen atoms in total. The summed E-state index contributed by atoms with van der Waals surface area (Å²) < 4.78 is 0. The molecule has 178 valence electrons. The molecular weight excluding hydrogens is 464 g/mol. The molecule has 1 N–H and O–H groups in total. The fourth-order valence-corrected chi connectivity index (χ4v) is 4.73. The van der Waals surface area contributed by atoms with Gasteiger partial charge in [0.15, 0.2) is 0 Å². The number of hydrogen-bond acceptors (Lipinski definition) is 3. The van der Waals surface area contributed by atoms with Crippen LogP contribution in [0.4, 0.5) is 0 Å². The molecule has 0 spiro atoms. The van der Waals surface area contributed by atoms with Crippen molar-refractivity contribution in [3.05, 3.63) is 101 Å². The molecule has 0 aliphatic carbocycles. The fraction of sp³-hybridized carbons (Fsp3) is 0.286. The standard InChI is InChI=1S/C28H31ClN2O2S/c1-3-30-28(33)26(19-22-9-5-4-6-10-22)31(20-23-11-7-8-12-25(23)29)27(32)17-18-34-24-15-13-21(2)14-16-24/h4-16,26H,3,17-20H2,1-2H3,(H,30,33)/t26-/m1/s1. The second kappa shape index (κ2) is 13.2. The van der Waals surface area contributed by atoms with Gasteiger partial charge in [0, 0.05) is 41.6 Å². The average molecular weight is 495 g/mol. The highest BCUT2D eigenvalue weighted by Crippen LogP contribution is 2.23. The van der Waals surface area contributed by atoms with Crippen LogP contribution in [0.5, 0.6) is 0 Å². The number of likely N-dealkylation sites (N-methyl/N-ethyl adjacent to an activating group) is 1.